The van der Waals surface area contributed by atoms with Crippen molar-refractivity contribution >= 4 is 15.7 Å². The summed E-state index contributed by atoms with van der Waals surface area (Å²) in [7, 11) is -0.185. The highest BCUT2D eigenvalue weighted by molar-refractivity contribution is 7.89. The maximum absolute atomic E-state index is 12.3. The smallest absolute Gasteiger partial charge is 0.244 e. The standard InChI is InChI=1S/C13H21N3O3S/c1-14-11-3-7-15-9-12(11)20(17,18)16-10-13(4-5-13)6-8-19-2/h3,7,9,16H,4-6,8,10H2,1-2H3,(H,14,15). The number of methoxy groups -OCH3 is 1. The summed E-state index contributed by atoms with van der Waals surface area (Å²) < 4.78 is 32.4. The quantitative estimate of drug-likeness (QED) is 0.754. The number of pyridine rings is 1. The SMILES string of the molecule is CNc1ccncc1S(=O)(=O)NCC1(CCOC)CC1. The molecule has 0 bridgehead atoms. The van der Waals surface area contributed by atoms with E-state index in [1.165, 1.54) is 6.20 Å². The van der Waals surface area contributed by atoms with E-state index in [1.807, 2.05) is 0 Å². The summed E-state index contributed by atoms with van der Waals surface area (Å²) >= 11 is 0. The van der Waals surface area contributed by atoms with Gasteiger partial charge in [-0.05, 0) is 30.7 Å². The topological polar surface area (TPSA) is 80.3 Å². The highest BCUT2D eigenvalue weighted by Gasteiger charge is 2.42. The minimum absolute atomic E-state index is 0.0745. The van der Waals surface area contributed by atoms with Gasteiger partial charge in [0.2, 0.25) is 10.0 Å². The summed E-state index contributed by atoms with van der Waals surface area (Å²) in [6.45, 7) is 1.12. The molecule has 1 aromatic rings. The summed E-state index contributed by atoms with van der Waals surface area (Å²) in [5, 5.41) is 2.87. The van der Waals surface area contributed by atoms with Crippen molar-refractivity contribution < 1.29 is 13.2 Å². The predicted molar refractivity (Wildman–Crippen MR) is 77.1 cm³/mol. The number of ether oxygens (including phenoxy) is 1. The largest absolute Gasteiger partial charge is 0.387 e. The average molecular weight is 299 g/mol. The Balaban J connectivity index is 2.05. The number of hydrogen-bond acceptors (Lipinski definition) is 5. The zero-order valence-electron chi connectivity index (χ0n) is 11.8. The van der Waals surface area contributed by atoms with Crippen LogP contribution in [-0.4, -0.2) is 40.7 Å². The summed E-state index contributed by atoms with van der Waals surface area (Å²) in [5.74, 6) is 0. The molecule has 1 aromatic heterocycles. The Morgan fingerprint density at radius 3 is 2.80 bits per heavy atom. The van der Waals surface area contributed by atoms with Crippen LogP contribution in [0.4, 0.5) is 5.69 Å². The van der Waals surface area contributed by atoms with Crippen LogP contribution in [0.25, 0.3) is 0 Å². The first kappa shape index (κ1) is 15.2. The van der Waals surface area contributed by atoms with Crippen LogP contribution in [0.15, 0.2) is 23.4 Å². The van der Waals surface area contributed by atoms with Crippen LogP contribution in [0.3, 0.4) is 0 Å². The first-order valence-corrected chi connectivity index (χ1v) is 8.12. The molecule has 0 unspecified atom stereocenters. The van der Waals surface area contributed by atoms with E-state index in [4.69, 9.17) is 4.74 Å². The van der Waals surface area contributed by atoms with Crippen LogP contribution in [0.2, 0.25) is 0 Å². The van der Waals surface area contributed by atoms with E-state index in [0.717, 1.165) is 19.3 Å². The van der Waals surface area contributed by atoms with E-state index >= 15 is 0 Å². The third-order valence-corrected chi connectivity index (χ3v) is 5.20. The van der Waals surface area contributed by atoms with Crippen molar-refractivity contribution in [3.63, 3.8) is 0 Å². The zero-order valence-corrected chi connectivity index (χ0v) is 12.7. The van der Waals surface area contributed by atoms with Crippen LogP contribution >= 0.6 is 0 Å². The fourth-order valence-corrected chi connectivity index (χ4v) is 3.45. The number of nitrogens with one attached hydrogen (secondary N) is 2. The van der Waals surface area contributed by atoms with Crippen LogP contribution in [0.1, 0.15) is 19.3 Å². The summed E-state index contributed by atoms with van der Waals surface area (Å²) in [6.07, 6.45) is 5.91. The highest BCUT2D eigenvalue weighted by Crippen LogP contribution is 2.48. The lowest BCUT2D eigenvalue weighted by molar-refractivity contribution is 0.173. The van der Waals surface area contributed by atoms with Gasteiger partial charge in [0.25, 0.3) is 0 Å². The average Bonchev–Trinajstić information content (AvgIpc) is 3.24. The van der Waals surface area contributed by atoms with Crippen LogP contribution in [0.5, 0.6) is 0 Å². The number of anilines is 1. The molecule has 0 spiro atoms. The molecule has 0 aromatic carbocycles. The van der Waals surface area contributed by atoms with E-state index in [2.05, 4.69) is 15.0 Å². The lowest BCUT2D eigenvalue weighted by atomic mass is 10.0. The minimum atomic E-state index is -3.54. The second-order valence-electron chi connectivity index (χ2n) is 5.19. The van der Waals surface area contributed by atoms with Crippen LogP contribution < -0.4 is 10.0 Å². The molecule has 1 fully saturated rings. The summed E-state index contributed by atoms with van der Waals surface area (Å²) in [5.41, 5.74) is 0.625. The third kappa shape index (κ3) is 3.47. The first-order chi connectivity index (χ1) is 9.53. The van der Waals surface area contributed by atoms with Crippen molar-refractivity contribution in [1.82, 2.24) is 9.71 Å². The Kier molecular flexibility index (Phi) is 4.62. The van der Waals surface area contributed by atoms with Crippen molar-refractivity contribution in [3.8, 4) is 0 Å². The molecule has 1 aliphatic carbocycles. The molecule has 0 aliphatic heterocycles. The van der Waals surface area contributed by atoms with Gasteiger partial charge in [0.15, 0.2) is 0 Å². The fourth-order valence-electron chi connectivity index (χ4n) is 2.14. The van der Waals surface area contributed by atoms with Gasteiger partial charge in [-0.1, -0.05) is 0 Å². The molecule has 0 saturated heterocycles. The molecule has 20 heavy (non-hydrogen) atoms. The molecule has 6 nitrogen and oxygen atoms in total. The van der Waals surface area contributed by atoms with Crippen molar-refractivity contribution in [3.05, 3.63) is 18.5 Å². The van der Waals surface area contributed by atoms with Crippen molar-refractivity contribution in [2.24, 2.45) is 5.41 Å². The number of sulfonamides is 1. The van der Waals surface area contributed by atoms with Gasteiger partial charge in [-0.3, -0.25) is 4.98 Å². The Labute approximate surface area is 120 Å². The van der Waals surface area contributed by atoms with Crippen molar-refractivity contribution in [2.75, 3.05) is 32.6 Å². The second-order valence-corrected chi connectivity index (χ2v) is 6.92. The van der Waals surface area contributed by atoms with Crippen LogP contribution in [-0.2, 0) is 14.8 Å². The lowest BCUT2D eigenvalue weighted by Crippen LogP contribution is -2.31. The monoisotopic (exact) mass is 299 g/mol. The molecule has 2 N–H and O–H groups in total. The molecule has 0 atom stereocenters. The molecule has 1 saturated carbocycles. The van der Waals surface area contributed by atoms with Gasteiger partial charge in [-0.15, -0.1) is 0 Å². The Morgan fingerprint density at radius 1 is 1.45 bits per heavy atom. The second kappa shape index (κ2) is 6.07. The first-order valence-electron chi connectivity index (χ1n) is 6.63. The number of hydrogen-bond donors (Lipinski definition) is 2. The Hall–Kier alpha value is -1.18. The molecule has 1 heterocycles. The van der Waals surface area contributed by atoms with Gasteiger partial charge in [0, 0.05) is 39.7 Å². The Morgan fingerprint density at radius 2 is 2.20 bits per heavy atom. The van der Waals surface area contributed by atoms with E-state index in [9.17, 15) is 8.42 Å². The van der Waals surface area contributed by atoms with E-state index in [0.29, 0.717) is 18.8 Å². The molecule has 7 heteroatoms. The molecule has 0 amide bonds. The number of rotatable bonds is 8. The van der Waals surface area contributed by atoms with Gasteiger partial charge in [0.05, 0.1) is 5.69 Å². The molecule has 0 radical (unpaired) electrons. The third-order valence-electron chi connectivity index (χ3n) is 3.77. The molecule has 1 aliphatic rings. The maximum atomic E-state index is 12.3. The van der Waals surface area contributed by atoms with E-state index in [-0.39, 0.29) is 10.3 Å². The predicted octanol–water partition coefficient (Wildman–Crippen LogP) is 1.22. The normalized spacial score (nSPS) is 16.9. The van der Waals surface area contributed by atoms with E-state index in [1.54, 1.807) is 26.4 Å². The summed E-state index contributed by atoms with van der Waals surface area (Å²) in [6, 6.07) is 1.65. The minimum Gasteiger partial charge on any atom is -0.387 e. The molecule has 112 valence electrons. The zero-order chi connectivity index (χ0) is 14.6. The van der Waals surface area contributed by atoms with Gasteiger partial charge in [-0.25, -0.2) is 13.1 Å². The van der Waals surface area contributed by atoms with Crippen molar-refractivity contribution in [1.29, 1.82) is 0 Å². The van der Waals surface area contributed by atoms with Gasteiger partial charge in [0.1, 0.15) is 4.90 Å². The lowest BCUT2D eigenvalue weighted by Gasteiger charge is -2.16. The summed E-state index contributed by atoms with van der Waals surface area (Å²) in [4.78, 5) is 4.08. The van der Waals surface area contributed by atoms with Crippen LogP contribution in [0, 0.1) is 5.41 Å². The number of nitrogens with zero attached hydrogens (tertiary/aromatic N) is 1. The Bertz CT molecular complexity index is 556. The van der Waals surface area contributed by atoms with E-state index < -0.39 is 10.0 Å². The van der Waals surface area contributed by atoms with Gasteiger partial charge >= 0.3 is 0 Å². The van der Waals surface area contributed by atoms with Gasteiger partial charge in [-0.2, -0.15) is 0 Å². The van der Waals surface area contributed by atoms with Gasteiger partial charge < -0.3 is 10.1 Å². The molecule has 2 rings (SSSR count). The molecular formula is C13H21N3O3S. The number of aromatic nitrogens is 1. The van der Waals surface area contributed by atoms with Crippen molar-refractivity contribution in [2.45, 2.75) is 24.2 Å². The highest BCUT2D eigenvalue weighted by atomic mass is 32.2. The maximum Gasteiger partial charge on any atom is 0.244 e. The fraction of sp³-hybridized carbons (Fsp3) is 0.615. The molecular weight excluding hydrogens is 278 g/mol.